The number of nitrogens with one attached hydrogen (secondary N) is 3. The number of thiol groups is 1. The number of alkyl halides is 15. The lowest BCUT2D eigenvalue weighted by molar-refractivity contribution is -0.193. The van der Waals surface area contributed by atoms with Gasteiger partial charge in [-0.2, -0.15) is 78.5 Å². The third-order valence-electron chi connectivity index (χ3n) is 11.8. The number of imidazole rings is 1. The molecule has 0 saturated heterocycles. The standard InChI is InChI=1S/C42H73N15O6S.5C2HF3O2/c43-17-4-1-2-9-36(58)57(25-22-51-40(62)34(8-6-20-53-42(48)49)55(23-19-45)38(60)16-26-64)35(27-32-28-50-29-54-32)41(63)52-21-24-56(33(39(47)61)7-3-5-18-44)37(59)15-12-30-10-13-31(46)14-11-30;5*3-2(4,5)1(6)7/h10-11,13-14,28-29,33-35,64H,1-9,12,15-27,43-46H2,(H2,47,61)(H,50,54)(H,51,62)(H,52,63)(H4,48,49,53);5*(H,6,7)/t33-,34-,35-;;;;;/m0...../s1. The zero-order valence-electron chi connectivity index (χ0n) is 52.1. The Hall–Kier alpha value is -9.15. The number of aryl methyl sites for hydroxylation is 1. The van der Waals surface area contributed by atoms with Crippen molar-refractivity contribution in [1.29, 1.82) is 0 Å². The van der Waals surface area contributed by atoms with E-state index >= 15 is 0 Å². The molecule has 0 bridgehead atoms. The van der Waals surface area contributed by atoms with E-state index in [0.29, 0.717) is 75.8 Å². The van der Waals surface area contributed by atoms with Crippen LogP contribution < -0.4 is 50.8 Å². The number of anilines is 1. The molecular weight excluding hydrogens is 1410 g/mol. The van der Waals surface area contributed by atoms with Crippen LogP contribution in [0, 0.1) is 0 Å². The van der Waals surface area contributed by atoms with Gasteiger partial charge in [-0.05, 0) is 87.9 Å². The molecule has 0 unspecified atom stereocenters. The van der Waals surface area contributed by atoms with Crippen LogP contribution in [0.4, 0.5) is 71.5 Å². The molecule has 0 aliphatic rings. The zero-order chi connectivity index (χ0) is 77.7. The van der Waals surface area contributed by atoms with Gasteiger partial charge in [0.25, 0.3) is 0 Å². The van der Waals surface area contributed by atoms with Gasteiger partial charge < -0.3 is 96.0 Å². The van der Waals surface area contributed by atoms with E-state index in [2.05, 4.69) is 38.2 Å². The minimum Gasteiger partial charge on any atom is -0.475 e. The van der Waals surface area contributed by atoms with Crippen LogP contribution in [0.3, 0.4) is 0 Å². The van der Waals surface area contributed by atoms with Gasteiger partial charge in [0.2, 0.25) is 35.4 Å². The Morgan fingerprint density at radius 1 is 0.515 bits per heavy atom. The van der Waals surface area contributed by atoms with Crippen LogP contribution in [0.15, 0.2) is 41.8 Å². The summed E-state index contributed by atoms with van der Waals surface area (Å²) < 4.78 is 159. The number of aromatic amines is 1. The Kier molecular flexibility index (Phi) is 48.0. The van der Waals surface area contributed by atoms with Crippen molar-refractivity contribution in [3.05, 3.63) is 48.0 Å². The number of hydrogen-bond acceptors (Lipinski definition) is 18. The van der Waals surface area contributed by atoms with Crippen LogP contribution in [0.1, 0.15) is 81.9 Å². The smallest absolute Gasteiger partial charge is 0.475 e. The van der Waals surface area contributed by atoms with E-state index in [1.165, 1.54) is 21.0 Å². The number of rotatable bonds is 34. The van der Waals surface area contributed by atoms with Crippen molar-refractivity contribution in [2.45, 2.75) is 132 Å². The average Bonchev–Trinajstić information content (AvgIpc) is 1.67. The molecule has 1 aromatic carbocycles. The molecule has 1 aromatic heterocycles. The van der Waals surface area contributed by atoms with Gasteiger partial charge in [0.1, 0.15) is 18.1 Å². The third kappa shape index (κ3) is 47.4. The monoisotopic (exact) mass is 1490 g/mol. The van der Waals surface area contributed by atoms with E-state index in [4.69, 9.17) is 89.6 Å². The predicted octanol–water partition coefficient (Wildman–Crippen LogP) is 1.62. The first kappa shape index (κ1) is 96.2. The summed E-state index contributed by atoms with van der Waals surface area (Å²) in [6, 6.07) is 4.19. The van der Waals surface area contributed by atoms with E-state index in [-0.39, 0.29) is 107 Å². The lowest BCUT2D eigenvalue weighted by atomic mass is 10.0. The topological polar surface area (TPSA) is 546 Å². The number of carbonyl (C=O) groups is 11. The zero-order valence-corrected chi connectivity index (χ0v) is 53.0. The number of halogens is 15. The van der Waals surface area contributed by atoms with Crippen LogP contribution in [0.5, 0.6) is 0 Å². The molecule has 47 heteroatoms. The second-order valence-corrected chi connectivity index (χ2v) is 19.9. The molecule has 568 valence electrons. The third-order valence-corrected chi connectivity index (χ3v) is 12.0. The van der Waals surface area contributed by atoms with Gasteiger partial charge in [0.15, 0.2) is 5.96 Å². The lowest BCUT2D eigenvalue weighted by Gasteiger charge is -2.33. The van der Waals surface area contributed by atoms with Crippen LogP contribution in [-0.4, -0.2) is 235 Å². The number of benzene rings is 1. The Morgan fingerprint density at radius 2 is 0.899 bits per heavy atom. The summed E-state index contributed by atoms with van der Waals surface area (Å²) in [5.74, 6) is -16.3. The van der Waals surface area contributed by atoms with Crippen LogP contribution in [0.25, 0.3) is 0 Å². The number of H-pyrrole nitrogens is 1. The molecule has 0 fully saturated rings. The number of unbranched alkanes of at least 4 members (excludes halogenated alkanes) is 3. The first-order chi connectivity index (χ1) is 45.5. The fourth-order valence-electron chi connectivity index (χ4n) is 7.20. The van der Waals surface area contributed by atoms with Crippen molar-refractivity contribution in [1.82, 2.24) is 35.3 Å². The van der Waals surface area contributed by atoms with Gasteiger partial charge in [-0.3, -0.25) is 33.8 Å². The van der Waals surface area contributed by atoms with Crippen molar-refractivity contribution >= 4 is 89.6 Å². The summed E-state index contributed by atoms with van der Waals surface area (Å²) in [7, 11) is 0. The molecular formula is C52H78F15N15O16S. The van der Waals surface area contributed by atoms with Crippen LogP contribution in [-0.2, 0) is 65.6 Å². The molecule has 6 amide bonds. The quantitative estimate of drug-likeness (QED) is 0.0118. The number of nitrogens with two attached hydrogens (primary N) is 7. The number of carboxylic acids is 5. The summed E-state index contributed by atoms with van der Waals surface area (Å²) in [4.78, 5) is 142. The number of carboxylic acid groups (broad SMARTS) is 5. The lowest BCUT2D eigenvalue weighted by Crippen LogP contribution is -2.56. The minimum atomic E-state index is -5.08. The van der Waals surface area contributed by atoms with Crippen molar-refractivity contribution in [3.63, 3.8) is 0 Å². The summed E-state index contributed by atoms with van der Waals surface area (Å²) in [5.41, 5.74) is 42.0. The van der Waals surface area contributed by atoms with Gasteiger partial charge in [0.05, 0.1) is 6.33 Å². The van der Waals surface area contributed by atoms with Gasteiger partial charge in [0, 0.05) is 89.1 Å². The molecule has 31 nitrogen and oxygen atoms in total. The molecule has 3 atom stereocenters. The highest BCUT2D eigenvalue weighted by Crippen LogP contribution is 2.19. The summed E-state index contributed by atoms with van der Waals surface area (Å²) in [5, 5.41) is 41.4. The van der Waals surface area contributed by atoms with E-state index in [1.54, 1.807) is 18.3 Å². The first-order valence-electron chi connectivity index (χ1n) is 28.3. The molecule has 0 spiro atoms. The van der Waals surface area contributed by atoms with Crippen LogP contribution in [0.2, 0.25) is 0 Å². The maximum absolute atomic E-state index is 14.3. The SMILES string of the molecule is NCCCCCC(=O)N(CCNC(=O)[C@H](CCCN=C(N)N)N(CCN)C(=O)CCS)[C@@H](Cc1cnc[nH]1)C(=O)NCCN(C(=O)CCc1ccc(N)cc1)[C@@H](CCCCN)C(N)=O.O=C(O)C(F)(F)F.O=C(O)C(F)(F)F.O=C(O)C(F)(F)F.O=C(O)C(F)(F)F.O=C(O)C(F)(F)F. The Labute approximate surface area is 558 Å². The highest BCUT2D eigenvalue weighted by molar-refractivity contribution is 7.80. The van der Waals surface area contributed by atoms with E-state index in [0.717, 1.165) is 5.56 Å². The molecule has 2 rings (SSSR count). The van der Waals surface area contributed by atoms with E-state index in [9.17, 15) is 94.6 Å². The van der Waals surface area contributed by atoms with E-state index in [1.807, 2.05) is 12.1 Å². The number of nitrogens with zero attached hydrogens (tertiary/aromatic N) is 5. The average molecular weight is 1490 g/mol. The van der Waals surface area contributed by atoms with Gasteiger partial charge in [-0.1, -0.05) is 18.6 Å². The largest absolute Gasteiger partial charge is 0.490 e. The molecule has 0 saturated carbocycles. The van der Waals surface area contributed by atoms with Crippen molar-refractivity contribution in [2.24, 2.45) is 39.4 Å². The number of aliphatic imine (C=N–C) groups is 1. The highest BCUT2D eigenvalue weighted by Gasteiger charge is 2.41. The van der Waals surface area contributed by atoms with Gasteiger partial charge in [-0.15, -0.1) is 0 Å². The maximum Gasteiger partial charge on any atom is 0.490 e. The van der Waals surface area contributed by atoms with Gasteiger partial charge in [-0.25, -0.2) is 29.0 Å². The highest BCUT2D eigenvalue weighted by atomic mass is 32.1. The number of nitrogen functional groups attached to an aromatic ring is 1. The number of primary amides is 1. The number of aromatic nitrogens is 2. The minimum absolute atomic E-state index is 0.0392. The fraction of sp³-hybridized carbons (Fsp3) is 0.596. The Bertz CT molecular complexity index is 2660. The number of amides is 6. The van der Waals surface area contributed by atoms with Crippen LogP contribution >= 0.6 is 12.6 Å². The second kappa shape index (κ2) is 49.4. The van der Waals surface area contributed by atoms with Crippen molar-refractivity contribution in [3.8, 4) is 0 Å². The molecule has 99 heavy (non-hydrogen) atoms. The molecule has 0 aliphatic heterocycles. The second-order valence-electron chi connectivity index (χ2n) is 19.4. The number of aliphatic carboxylic acids is 5. The molecule has 1 heterocycles. The summed E-state index contributed by atoms with van der Waals surface area (Å²) in [6.45, 7) is 1.07. The predicted molar refractivity (Wildman–Crippen MR) is 320 cm³/mol. The fourth-order valence-corrected chi connectivity index (χ4v) is 7.39. The number of carbonyl (C=O) groups excluding carboxylic acids is 6. The van der Waals surface area contributed by atoms with Crippen molar-refractivity contribution in [2.75, 3.05) is 70.4 Å². The molecule has 2 aromatic rings. The Balaban J connectivity index is -0.00000104. The first-order valence-corrected chi connectivity index (χ1v) is 28.9. The molecule has 0 radical (unpaired) electrons. The van der Waals surface area contributed by atoms with E-state index < -0.39 is 96.6 Å². The molecule has 0 aliphatic carbocycles. The molecule has 22 N–H and O–H groups in total. The number of guanidine groups is 1. The summed E-state index contributed by atoms with van der Waals surface area (Å²) in [6.07, 6.45) is -17.7. The van der Waals surface area contributed by atoms with Gasteiger partial charge >= 0.3 is 60.7 Å². The normalized spacial score (nSPS) is 12.0. The van der Waals surface area contributed by atoms with Crippen molar-refractivity contribution < 1.29 is 144 Å². The maximum atomic E-state index is 14.3. The summed E-state index contributed by atoms with van der Waals surface area (Å²) >= 11 is 4.20. The number of hydrogen-bond donors (Lipinski definition) is 16. The Morgan fingerprint density at radius 3 is 1.27 bits per heavy atom.